The maximum absolute atomic E-state index is 12.6. The van der Waals surface area contributed by atoms with Gasteiger partial charge in [0.2, 0.25) is 0 Å². The molecule has 8 nitrogen and oxygen atoms in total. The van der Waals surface area contributed by atoms with Crippen molar-refractivity contribution in [2.75, 3.05) is 12.4 Å². The predicted octanol–water partition coefficient (Wildman–Crippen LogP) is 5.71. The zero-order valence-corrected chi connectivity index (χ0v) is 22.0. The maximum atomic E-state index is 12.6. The van der Waals surface area contributed by atoms with Crippen molar-refractivity contribution >= 4 is 35.0 Å². The lowest BCUT2D eigenvalue weighted by atomic mass is 10.1. The first kappa shape index (κ1) is 26.2. The minimum atomic E-state index is -0.274. The third kappa shape index (κ3) is 6.69. The second kappa shape index (κ2) is 12.4. The number of phenolic OH excluding ortho intramolecular Hbond substituents is 1. The summed E-state index contributed by atoms with van der Waals surface area (Å²) in [6.07, 6.45) is 0.620. The van der Waals surface area contributed by atoms with E-state index in [9.17, 15) is 9.90 Å². The van der Waals surface area contributed by atoms with E-state index < -0.39 is 0 Å². The van der Waals surface area contributed by atoms with Crippen LogP contribution in [0.25, 0.3) is 17.1 Å². The van der Waals surface area contributed by atoms with Crippen LogP contribution in [0.1, 0.15) is 25.8 Å². The number of carbonyl (C=O) groups is 1. The number of carbonyl (C=O) groups excluding carboxylic acids is 1. The molecule has 4 rings (SSSR count). The van der Waals surface area contributed by atoms with Crippen LogP contribution in [-0.2, 0) is 4.79 Å². The van der Waals surface area contributed by atoms with E-state index in [-0.39, 0.29) is 17.4 Å². The summed E-state index contributed by atoms with van der Waals surface area (Å²) in [6, 6.07) is 21.7. The summed E-state index contributed by atoms with van der Waals surface area (Å²) >= 11 is 7.33. The number of nitrogens with zero attached hydrogens (tertiary/aromatic N) is 4. The molecular weight excluding hydrogens is 510 g/mol. The van der Waals surface area contributed by atoms with Gasteiger partial charge in [0.25, 0.3) is 5.91 Å². The highest BCUT2D eigenvalue weighted by Gasteiger charge is 2.18. The number of nitrogens with one attached hydrogen (secondary N) is 1. The minimum Gasteiger partial charge on any atom is -0.508 e. The second-order valence-corrected chi connectivity index (χ2v) is 9.24. The maximum Gasteiger partial charge on any atom is 0.250 e. The normalized spacial score (nSPS) is 11.4. The Hall–Kier alpha value is -3.82. The summed E-state index contributed by atoms with van der Waals surface area (Å²) in [5.41, 5.74) is 5.83. The number of amides is 1. The first-order valence-electron chi connectivity index (χ1n) is 11.7. The molecule has 1 aromatic heterocycles. The van der Waals surface area contributed by atoms with Crippen LogP contribution in [0.4, 0.5) is 0 Å². The molecule has 0 unspecified atom stereocenters. The monoisotopic (exact) mass is 535 g/mol. The van der Waals surface area contributed by atoms with E-state index in [0.717, 1.165) is 22.6 Å². The van der Waals surface area contributed by atoms with Gasteiger partial charge in [0.05, 0.1) is 18.1 Å². The zero-order chi connectivity index (χ0) is 26.2. The molecule has 3 aromatic carbocycles. The number of thioether (sulfide) groups is 1. The lowest BCUT2D eigenvalue weighted by molar-refractivity contribution is -0.118. The average molecular weight is 536 g/mol. The fourth-order valence-corrected chi connectivity index (χ4v) is 4.40. The predicted molar refractivity (Wildman–Crippen MR) is 147 cm³/mol. The van der Waals surface area contributed by atoms with Crippen LogP contribution in [0.2, 0.25) is 5.02 Å². The molecule has 37 heavy (non-hydrogen) atoms. The average Bonchev–Trinajstić information content (AvgIpc) is 3.34. The van der Waals surface area contributed by atoms with Gasteiger partial charge in [0, 0.05) is 16.3 Å². The molecule has 1 heterocycles. The van der Waals surface area contributed by atoms with Gasteiger partial charge in [-0.25, -0.2) is 5.43 Å². The van der Waals surface area contributed by atoms with E-state index >= 15 is 0 Å². The standard InChI is InChI=1S/C27H26ClN5O3S/c1-3-24(18-7-13-22(34)14-8-18)29-30-25(35)17-37-27-32-31-26(19-5-9-20(28)10-6-19)33(27)21-11-15-23(16-12-21)36-4-2/h5-16,34H,3-4,17H2,1-2H3,(H,30,35)/b29-24-. The van der Waals surface area contributed by atoms with E-state index in [1.807, 2.05) is 54.8 Å². The first-order chi connectivity index (χ1) is 18.0. The molecule has 2 N–H and O–H groups in total. The number of hydrazone groups is 1. The van der Waals surface area contributed by atoms with Gasteiger partial charge in [-0.05, 0) is 91.7 Å². The summed E-state index contributed by atoms with van der Waals surface area (Å²) in [7, 11) is 0. The van der Waals surface area contributed by atoms with Crippen molar-refractivity contribution in [3.8, 4) is 28.6 Å². The van der Waals surface area contributed by atoms with Gasteiger partial charge in [-0.15, -0.1) is 10.2 Å². The molecule has 0 radical (unpaired) electrons. The second-order valence-electron chi connectivity index (χ2n) is 7.86. The van der Waals surface area contributed by atoms with Crippen molar-refractivity contribution in [2.45, 2.75) is 25.4 Å². The molecule has 0 atom stereocenters. The molecule has 0 fully saturated rings. The number of hydrogen-bond acceptors (Lipinski definition) is 7. The Balaban J connectivity index is 1.54. The Kier molecular flexibility index (Phi) is 8.81. The SMILES string of the molecule is CCOc1ccc(-n2c(SCC(=O)N/N=C(/CC)c3ccc(O)cc3)nnc2-c2ccc(Cl)cc2)cc1. The number of rotatable bonds is 10. The van der Waals surface area contributed by atoms with E-state index in [1.54, 1.807) is 36.4 Å². The quantitative estimate of drug-likeness (QED) is 0.153. The molecular formula is C27H26ClN5O3S. The van der Waals surface area contributed by atoms with Crippen molar-refractivity contribution < 1.29 is 14.6 Å². The fourth-order valence-electron chi connectivity index (χ4n) is 3.53. The zero-order valence-electron chi connectivity index (χ0n) is 20.4. The summed E-state index contributed by atoms with van der Waals surface area (Å²) in [5, 5.41) is 23.7. The number of aromatic hydroxyl groups is 1. The molecule has 0 aliphatic rings. The Morgan fingerprint density at radius 3 is 2.38 bits per heavy atom. The number of benzene rings is 3. The van der Waals surface area contributed by atoms with E-state index in [2.05, 4.69) is 20.7 Å². The summed E-state index contributed by atoms with van der Waals surface area (Å²) in [4.78, 5) is 12.6. The highest BCUT2D eigenvalue weighted by molar-refractivity contribution is 7.99. The van der Waals surface area contributed by atoms with Crippen molar-refractivity contribution in [2.24, 2.45) is 5.10 Å². The van der Waals surface area contributed by atoms with Crippen LogP contribution >= 0.6 is 23.4 Å². The molecule has 1 amide bonds. The molecule has 0 saturated heterocycles. The third-order valence-electron chi connectivity index (χ3n) is 5.33. The van der Waals surface area contributed by atoms with Crippen molar-refractivity contribution in [1.82, 2.24) is 20.2 Å². The Morgan fingerprint density at radius 1 is 1.03 bits per heavy atom. The lowest BCUT2D eigenvalue weighted by Gasteiger charge is -2.11. The smallest absolute Gasteiger partial charge is 0.250 e. The highest BCUT2D eigenvalue weighted by Crippen LogP contribution is 2.29. The van der Waals surface area contributed by atoms with Gasteiger partial charge in [-0.2, -0.15) is 5.10 Å². The minimum absolute atomic E-state index is 0.0891. The molecule has 0 bridgehead atoms. The molecule has 0 aliphatic heterocycles. The summed E-state index contributed by atoms with van der Waals surface area (Å²) < 4.78 is 7.47. The van der Waals surface area contributed by atoms with E-state index in [1.165, 1.54) is 11.8 Å². The fraction of sp³-hybridized carbons (Fsp3) is 0.185. The van der Waals surface area contributed by atoms with Gasteiger partial charge in [0.15, 0.2) is 11.0 Å². The van der Waals surface area contributed by atoms with Gasteiger partial charge >= 0.3 is 0 Å². The molecule has 190 valence electrons. The summed E-state index contributed by atoms with van der Waals surface area (Å²) in [6.45, 7) is 4.46. The Bertz CT molecular complexity index is 1370. The van der Waals surface area contributed by atoms with E-state index in [0.29, 0.717) is 34.7 Å². The lowest BCUT2D eigenvalue weighted by Crippen LogP contribution is -2.22. The Labute approximate surface area is 224 Å². The van der Waals surface area contributed by atoms with Gasteiger partial charge < -0.3 is 9.84 Å². The molecule has 0 spiro atoms. The summed E-state index contributed by atoms with van der Waals surface area (Å²) in [5.74, 6) is 1.38. The molecule has 0 saturated carbocycles. The van der Waals surface area contributed by atoms with Crippen molar-refractivity contribution in [3.05, 3.63) is 83.4 Å². The van der Waals surface area contributed by atoms with Gasteiger partial charge in [0.1, 0.15) is 11.5 Å². The van der Waals surface area contributed by atoms with Crippen molar-refractivity contribution in [3.63, 3.8) is 0 Å². The van der Waals surface area contributed by atoms with Crippen LogP contribution in [0.15, 0.2) is 83.1 Å². The number of ether oxygens (including phenoxy) is 1. The van der Waals surface area contributed by atoms with Gasteiger partial charge in [-0.3, -0.25) is 9.36 Å². The molecule has 10 heteroatoms. The van der Waals surface area contributed by atoms with Crippen LogP contribution in [0, 0.1) is 0 Å². The third-order valence-corrected chi connectivity index (χ3v) is 6.51. The van der Waals surface area contributed by atoms with E-state index in [4.69, 9.17) is 16.3 Å². The molecule has 4 aromatic rings. The first-order valence-corrected chi connectivity index (χ1v) is 13.1. The number of halogens is 1. The number of aromatic nitrogens is 3. The van der Waals surface area contributed by atoms with Crippen LogP contribution in [0.5, 0.6) is 11.5 Å². The largest absolute Gasteiger partial charge is 0.508 e. The van der Waals surface area contributed by atoms with Crippen molar-refractivity contribution in [1.29, 1.82) is 0 Å². The van der Waals surface area contributed by atoms with Crippen LogP contribution in [0.3, 0.4) is 0 Å². The van der Waals surface area contributed by atoms with Crippen LogP contribution < -0.4 is 10.2 Å². The number of phenols is 1. The Morgan fingerprint density at radius 2 is 1.73 bits per heavy atom. The van der Waals surface area contributed by atoms with Crippen LogP contribution in [-0.4, -0.2) is 43.8 Å². The topological polar surface area (TPSA) is 102 Å². The molecule has 0 aliphatic carbocycles. The highest BCUT2D eigenvalue weighted by atomic mass is 35.5. The van der Waals surface area contributed by atoms with Gasteiger partial charge in [-0.1, -0.05) is 30.3 Å². The number of hydrogen-bond donors (Lipinski definition) is 2.